The molecule has 2 nitrogen and oxygen atoms in total. The lowest BCUT2D eigenvalue weighted by Gasteiger charge is -2.08. The van der Waals surface area contributed by atoms with E-state index in [0.717, 1.165) is 26.6 Å². The molecule has 2 aromatic rings. The highest BCUT2D eigenvalue weighted by Crippen LogP contribution is 2.33. The van der Waals surface area contributed by atoms with Crippen LogP contribution in [0.2, 0.25) is 5.02 Å². The van der Waals surface area contributed by atoms with Crippen molar-refractivity contribution in [3.63, 3.8) is 0 Å². The van der Waals surface area contributed by atoms with Gasteiger partial charge in [-0.05, 0) is 35.0 Å². The van der Waals surface area contributed by atoms with Crippen molar-refractivity contribution >= 4 is 34.7 Å². The van der Waals surface area contributed by atoms with Gasteiger partial charge in [-0.15, -0.1) is 0 Å². The van der Waals surface area contributed by atoms with Gasteiger partial charge in [0.25, 0.3) is 5.24 Å². The van der Waals surface area contributed by atoms with Crippen molar-refractivity contribution in [1.29, 1.82) is 0 Å². The average molecular weight is 302 g/mol. The molecule has 1 amide bonds. The summed E-state index contributed by atoms with van der Waals surface area (Å²) in [5.41, 5.74) is 3.15. The number of hydrogen-bond acceptors (Lipinski definition) is 2. The van der Waals surface area contributed by atoms with Crippen LogP contribution in [-0.2, 0) is 0 Å². The molecule has 1 aliphatic heterocycles. The van der Waals surface area contributed by atoms with Crippen LogP contribution in [0.4, 0.5) is 4.79 Å². The second-order valence-corrected chi connectivity index (χ2v) is 5.93. The first-order chi connectivity index (χ1) is 9.74. The zero-order valence-corrected chi connectivity index (χ0v) is 12.2. The average Bonchev–Trinajstić information content (AvgIpc) is 2.86. The van der Waals surface area contributed by atoms with Gasteiger partial charge in [0.15, 0.2) is 0 Å². The second kappa shape index (κ2) is 5.73. The van der Waals surface area contributed by atoms with Gasteiger partial charge in [-0.2, -0.15) is 0 Å². The Labute approximate surface area is 126 Å². The van der Waals surface area contributed by atoms with E-state index in [1.54, 1.807) is 0 Å². The first kappa shape index (κ1) is 13.3. The molecule has 0 spiro atoms. The van der Waals surface area contributed by atoms with Gasteiger partial charge in [-0.3, -0.25) is 4.79 Å². The van der Waals surface area contributed by atoms with Crippen LogP contribution >= 0.6 is 23.4 Å². The Morgan fingerprint density at radius 3 is 2.45 bits per heavy atom. The summed E-state index contributed by atoms with van der Waals surface area (Å²) in [5, 5.41) is 3.52. The third-order valence-electron chi connectivity index (χ3n) is 3.07. The van der Waals surface area contributed by atoms with E-state index < -0.39 is 0 Å². The van der Waals surface area contributed by atoms with Crippen LogP contribution in [0.5, 0.6) is 0 Å². The van der Waals surface area contributed by atoms with Crippen molar-refractivity contribution in [3.8, 4) is 11.1 Å². The molecule has 0 aliphatic carbocycles. The molecule has 0 atom stereocenters. The summed E-state index contributed by atoms with van der Waals surface area (Å²) >= 11 is 7.52. The number of nitrogens with one attached hydrogen (secondary N) is 1. The topological polar surface area (TPSA) is 29.1 Å². The Hall–Kier alpha value is -1.71. The van der Waals surface area contributed by atoms with Crippen LogP contribution in [0.25, 0.3) is 17.2 Å². The third kappa shape index (κ3) is 2.74. The van der Waals surface area contributed by atoms with E-state index in [4.69, 9.17) is 11.6 Å². The van der Waals surface area contributed by atoms with Gasteiger partial charge in [-0.1, -0.05) is 54.1 Å². The molecule has 1 saturated heterocycles. The fraction of sp³-hybridized carbons (Fsp3) is 0.0625. The normalized spacial score (nSPS) is 16.4. The zero-order chi connectivity index (χ0) is 13.9. The first-order valence-electron chi connectivity index (χ1n) is 6.24. The molecule has 0 unspecified atom stereocenters. The summed E-state index contributed by atoms with van der Waals surface area (Å²) in [5.74, 6) is 0. The van der Waals surface area contributed by atoms with Crippen LogP contribution in [0, 0.1) is 0 Å². The van der Waals surface area contributed by atoms with Crippen molar-refractivity contribution in [2.45, 2.75) is 0 Å². The molecule has 1 aliphatic rings. The van der Waals surface area contributed by atoms with Gasteiger partial charge < -0.3 is 5.32 Å². The van der Waals surface area contributed by atoms with Crippen LogP contribution in [0.1, 0.15) is 5.56 Å². The number of carbonyl (C=O) groups excluding carboxylic acids is 1. The van der Waals surface area contributed by atoms with E-state index in [1.165, 1.54) is 11.8 Å². The number of thioether (sulfide) groups is 1. The Bertz CT molecular complexity index is 696. The van der Waals surface area contributed by atoms with Gasteiger partial charge >= 0.3 is 0 Å². The summed E-state index contributed by atoms with van der Waals surface area (Å²) in [7, 11) is 0. The number of amides is 1. The van der Waals surface area contributed by atoms with Crippen LogP contribution < -0.4 is 5.32 Å². The number of hydrogen-bond donors (Lipinski definition) is 1. The molecule has 4 heteroatoms. The highest BCUT2D eigenvalue weighted by molar-refractivity contribution is 8.17. The van der Waals surface area contributed by atoms with Gasteiger partial charge in [0, 0.05) is 15.5 Å². The van der Waals surface area contributed by atoms with Crippen molar-refractivity contribution in [2.24, 2.45) is 0 Å². The number of halogens is 1. The summed E-state index contributed by atoms with van der Waals surface area (Å²) in [4.78, 5) is 12.3. The van der Waals surface area contributed by atoms with Gasteiger partial charge in [-0.25, -0.2) is 0 Å². The lowest BCUT2D eigenvalue weighted by Crippen LogP contribution is -2.09. The minimum atomic E-state index is 0.00600. The maximum Gasteiger partial charge on any atom is 0.283 e. The molecule has 1 N–H and O–H groups in total. The monoisotopic (exact) mass is 301 g/mol. The van der Waals surface area contributed by atoms with E-state index in [1.807, 2.05) is 54.6 Å². The molecule has 3 rings (SSSR count). The summed E-state index contributed by atoms with van der Waals surface area (Å²) in [6.07, 6.45) is 2.04. The third-order valence-corrected chi connectivity index (χ3v) is 4.26. The molecular weight excluding hydrogens is 290 g/mol. The van der Waals surface area contributed by atoms with Crippen molar-refractivity contribution in [2.75, 3.05) is 6.54 Å². The van der Waals surface area contributed by atoms with Crippen LogP contribution in [-0.4, -0.2) is 11.8 Å². The smallest absolute Gasteiger partial charge is 0.283 e. The van der Waals surface area contributed by atoms with E-state index >= 15 is 0 Å². The minimum Gasteiger partial charge on any atom is -0.342 e. The van der Waals surface area contributed by atoms with Crippen molar-refractivity contribution in [1.82, 2.24) is 5.32 Å². The molecule has 1 heterocycles. The molecule has 1 fully saturated rings. The molecule has 0 bridgehead atoms. The summed E-state index contributed by atoms with van der Waals surface area (Å²) < 4.78 is 0. The standard InChI is InChI=1S/C16H12ClNOS/c17-15-8-4-3-7-14(15)13-6-2-1-5-11(13)9-12-10-18-16(19)20-12/h1-9H,10H2,(H,18,19)/b12-9-. The quantitative estimate of drug-likeness (QED) is 0.863. The number of carbonyl (C=O) groups is 1. The van der Waals surface area contributed by atoms with Crippen LogP contribution in [0.15, 0.2) is 53.4 Å². The molecule has 0 saturated carbocycles. The second-order valence-electron chi connectivity index (χ2n) is 4.42. The Balaban J connectivity index is 2.05. The largest absolute Gasteiger partial charge is 0.342 e. The summed E-state index contributed by atoms with van der Waals surface area (Å²) in [6.45, 7) is 0.598. The fourth-order valence-corrected chi connectivity index (χ4v) is 3.10. The first-order valence-corrected chi connectivity index (χ1v) is 7.43. The highest BCUT2D eigenvalue weighted by Gasteiger charge is 2.16. The Morgan fingerprint density at radius 1 is 1.05 bits per heavy atom. The Morgan fingerprint density at radius 2 is 1.75 bits per heavy atom. The maximum atomic E-state index is 11.2. The highest BCUT2D eigenvalue weighted by atomic mass is 35.5. The number of rotatable bonds is 2. The van der Waals surface area contributed by atoms with Crippen molar-refractivity contribution < 1.29 is 4.79 Å². The maximum absolute atomic E-state index is 11.2. The molecule has 0 radical (unpaired) electrons. The molecule has 20 heavy (non-hydrogen) atoms. The van der Waals surface area contributed by atoms with E-state index in [0.29, 0.717) is 6.54 Å². The van der Waals surface area contributed by atoms with Gasteiger partial charge in [0.1, 0.15) is 0 Å². The number of benzene rings is 2. The predicted octanol–water partition coefficient (Wildman–Crippen LogP) is 4.80. The predicted molar refractivity (Wildman–Crippen MR) is 85.9 cm³/mol. The fourth-order valence-electron chi connectivity index (χ4n) is 2.15. The molecule has 100 valence electrons. The molecule has 2 aromatic carbocycles. The molecular formula is C16H12ClNOS. The SMILES string of the molecule is O=C1NC/C(=C/c2ccccc2-c2ccccc2Cl)S1. The van der Waals surface area contributed by atoms with Gasteiger partial charge in [0.2, 0.25) is 0 Å². The minimum absolute atomic E-state index is 0.00600. The zero-order valence-electron chi connectivity index (χ0n) is 10.6. The van der Waals surface area contributed by atoms with E-state index in [2.05, 4.69) is 5.32 Å². The molecule has 0 aromatic heterocycles. The van der Waals surface area contributed by atoms with Crippen LogP contribution in [0.3, 0.4) is 0 Å². The van der Waals surface area contributed by atoms with E-state index in [9.17, 15) is 4.79 Å². The summed E-state index contributed by atoms with van der Waals surface area (Å²) in [6, 6.07) is 15.8. The Kier molecular flexibility index (Phi) is 3.81. The van der Waals surface area contributed by atoms with Gasteiger partial charge in [0.05, 0.1) is 6.54 Å². The lowest BCUT2D eigenvalue weighted by atomic mass is 9.99. The lowest BCUT2D eigenvalue weighted by molar-refractivity contribution is 0.262. The van der Waals surface area contributed by atoms with Crippen molar-refractivity contribution in [3.05, 3.63) is 64.0 Å². The van der Waals surface area contributed by atoms with E-state index in [-0.39, 0.29) is 5.24 Å².